The molecule has 7 nitrogen and oxygen atoms in total. The standard InChI is InChI=1S/C25H38N2O5/c1-5-7-9-11-15-27(16-12-10-8-6-2)24(23-21(28)18-32-25(23)29)26-20-14-13-19(30-3)17-22(20)31-4/h13-14,17,26H,5-12,15-16,18H2,1-4H3. The van der Waals surface area contributed by atoms with E-state index in [1.54, 1.807) is 20.3 Å². The normalized spacial score (nSPS) is 14.9. The minimum Gasteiger partial charge on any atom is -0.497 e. The summed E-state index contributed by atoms with van der Waals surface area (Å²) in [6, 6.07) is 5.41. The minimum absolute atomic E-state index is 0.0915. The van der Waals surface area contributed by atoms with Crippen molar-refractivity contribution in [3.8, 4) is 11.5 Å². The summed E-state index contributed by atoms with van der Waals surface area (Å²) in [5, 5.41) is 3.34. The van der Waals surface area contributed by atoms with Crippen LogP contribution in [0.2, 0.25) is 0 Å². The van der Waals surface area contributed by atoms with Gasteiger partial charge in [-0.05, 0) is 25.0 Å². The molecule has 32 heavy (non-hydrogen) atoms. The molecule has 178 valence electrons. The molecule has 1 N–H and O–H groups in total. The van der Waals surface area contributed by atoms with Gasteiger partial charge in [-0.15, -0.1) is 0 Å². The maximum absolute atomic E-state index is 12.6. The van der Waals surface area contributed by atoms with Crippen molar-refractivity contribution in [2.75, 3.05) is 39.2 Å². The SMILES string of the molecule is CCCCCCN(CCCCCC)C(Nc1ccc(OC)cc1OC)=C1C(=O)COC1=O. The topological polar surface area (TPSA) is 77.1 Å². The zero-order chi connectivity index (χ0) is 23.3. The molecule has 0 radical (unpaired) electrons. The fraction of sp³-hybridized carbons (Fsp3) is 0.600. The highest BCUT2D eigenvalue weighted by atomic mass is 16.5. The van der Waals surface area contributed by atoms with Crippen molar-refractivity contribution in [2.45, 2.75) is 65.2 Å². The van der Waals surface area contributed by atoms with Gasteiger partial charge >= 0.3 is 5.97 Å². The molecule has 0 aliphatic carbocycles. The second-order valence-electron chi connectivity index (χ2n) is 8.02. The molecule has 1 aromatic rings. The third-order valence-electron chi connectivity index (χ3n) is 5.60. The summed E-state index contributed by atoms with van der Waals surface area (Å²) < 4.78 is 15.9. The van der Waals surface area contributed by atoms with Crippen LogP contribution in [0.5, 0.6) is 11.5 Å². The predicted molar refractivity (Wildman–Crippen MR) is 126 cm³/mol. The van der Waals surface area contributed by atoms with Crippen molar-refractivity contribution in [3.63, 3.8) is 0 Å². The van der Waals surface area contributed by atoms with Crippen LogP contribution >= 0.6 is 0 Å². The van der Waals surface area contributed by atoms with Crippen molar-refractivity contribution in [3.05, 3.63) is 29.6 Å². The van der Waals surface area contributed by atoms with Crippen molar-refractivity contribution in [2.24, 2.45) is 0 Å². The number of esters is 1. The van der Waals surface area contributed by atoms with Gasteiger partial charge in [-0.25, -0.2) is 4.79 Å². The largest absolute Gasteiger partial charge is 0.497 e. The van der Waals surface area contributed by atoms with Gasteiger partial charge in [-0.2, -0.15) is 0 Å². The van der Waals surface area contributed by atoms with Gasteiger partial charge in [0.2, 0.25) is 5.78 Å². The summed E-state index contributed by atoms with van der Waals surface area (Å²) in [5.74, 6) is 0.871. The molecule has 0 unspecified atom stereocenters. The lowest BCUT2D eigenvalue weighted by atomic mass is 10.1. The van der Waals surface area contributed by atoms with Gasteiger partial charge in [-0.1, -0.05) is 52.4 Å². The number of ether oxygens (including phenoxy) is 3. The number of nitrogens with one attached hydrogen (secondary N) is 1. The lowest BCUT2D eigenvalue weighted by molar-refractivity contribution is -0.135. The number of unbranched alkanes of at least 4 members (excludes halogenated alkanes) is 6. The van der Waals surface area contributed by atoms with Crippen LogP contribution < -0.4 is 14.8 Å². The lowest BCUT2D eigenvalue weighted by Gasteiger charge is -2.29. The first-order chi connectivity index (χ1) is 15.5. The number of anilines is 1. The molecular formula is C25H38N2O5. The van der Waals surface area contributed by atoms with Crippen molar-refractivity contribution in [1.29, 1.82) is 0 Å². The number of cyclic esters (lactones) is 1. The highest BCUT2D eigenvalue weighted by Crippen LogP contribution is 2.32. The van der Waals surface area contributed by atoms with Crippen molar-refractivity contribution < 1.29 is 23.8 Å². The third-order valence-corrected chi connectivity index (χ3v) is 5.60. The average molecular weight is 447 g/mol. The molecule has 0 amide bonds. The van der Waals surface area contributed by atoms with Gasteiger partial charge in [0.05, 0.1) is 19.9 Å². The van der Waals surface area contributed by atoms with Crippen LogP contribution in [0.4, 0.5) is 5.69 Å². The van der Waals surface area contributed by atoms with Crippen LogP contribution in [-0.2, 0) is 14.3 Å². The van der Waals surface area contributed by atoms with Crippen LogP contribution in [0.15, 0.2) is 29.6 Å². The van der Waals surface area contributed by atoms with Crippen LogP contribution in [0.1, 0.15) is 65.2 Å². The zero-order valence-electron chi connectivity index (χ0n) is 20.0. The lowest BCUT2D eigenvalue weighted by Crippen LogP contribution is -2.33. The molecule has 0 saturated carbocycles. The highest BCUT2D eigenvalue weighted by Gasteiger charge is 2.34. The summed E-state index contributed by atoms with van der Waals surface area (Å²) in [7, 11) is 3.17. The van der Waals surface area contributed by atoms with E-state index in [1.807, 2.05) is 12.1 Å². The summed E-state index contributed by atoms with van der Waals surface area (Å²) >= 11 is 0. The van der Waals surface area contributed by atoms with E-state index in [2.05, 4.69) is 24.1 Å². The Morgan fingerprint density at radius 3 is 2.12 bits per heavy atom. The summed E-state index contributed by atoms with van der Waals surface area (Å²) in [6.07, 6.45) is 8.81. The molecule has 0 atom stereocenters. The Labute approximate surface area is 192 Å². The van der Waals surface area contributed by atoms with Crippen LogP contribution in [0, 0.1) is 0 Å². The van der Waals surface area contributed by atoms with Crippen molar-refractivity contribution in [1.82, 2.24) is 4.90 Å². The maximum atomic E-state index is 12.6. The van der Waals surface area contributed by atoms with E-state index in [9.17, 15) is 9.59 Å². The number of ketones is 1. The monoisotopic (exact) mass is 446 g/mol. The molecule has 0 spiro atoms. The molecule has 1 aromatic carbocycles. The molecule has 1 aliphatic rings. The number of carbonyl (C=O) groups is 2. The molecular weight excluding hydrogens is 408 g/mol. The average Bonchev–Trinajstić information content (AvgIpc) is 3.14. The molecule has 2 rings (SSSR count). The summed E-state index contributed by atoms with van der Waals surface area (Å²) in [5.41, 5.74) is 0.754. The van der Waals surface area contributed by atoms with E-state index >= 15 is 0 Å². The number of carbonyl (C=O) groups excluding carboxylic acids is 2. The highest BCUT2D eigenvalue weighted by molar-refractivity contribution is 6.22. The Morgan fingerprint density at radius 1 is 0.969 bits per heavy atom. The van der Waals surface area contributed by atoms with E-state index in [1.165, 1.54) is 0 Å². The van der Waals surface area contributed by atoms with Crippen LogP contribution in [-0.4, -0.2) is 50.6 Å². The van der Waals surface area contributed by atoms with E-state index < -0.39 is 5.97 Å². The molecule has 1 heterocycles. The number of rotatable bonds is 15. The van der Waals surface area contributed by atoms with E-state index in [0.29, 0.717) is 23.0 Å². The smallest absolute Gasteiger partial charge is 0.346 e. The number of benzene rings is 1. The molecule has 0 bridgehead atoms. The molecule has 1 aliphatic heterocycles. The van der Waals surface area contributed by atoms with Gasteiger partial charge in [-0.3, -0.25) is 4.79 Å². The number of nitrogens with zero attached hydrogens (tertiary/aromatic N) is 1. The number of hydrogen-bond donors (Lipinski definition) is 1. The first-order valence-electron chi connectivity index (χ1n) is 11.7. The van der Waals surface area contributed by atoms with Gasteiger partial charge in [0.25, 0.3) is 0 Å². The fourth-order valence-electron chi connectivity index (χ4n) is 3.74. The molecule has 1 fully saturated rings. The molecule has 7 heteroatoms. The van der Waals surface area contributed by atoms with Crippen molar-refractivity contribution >= 4 is 17.4 Å². The summed E-state index contributed by atoms with van der Waals surface area (Å²) in [6.45, 7) is 5.67. The minimum atomic E-state index is -0.572. The first-order valence-corrected chi connectivity index (χ1v) is 11.7. The van der Waals surface area contributed by atoms with Crippen LogP contribution in [0.25, 0.3) is 0 Å². The quantitative estimate of drug-likeness (QED) is 0.177. The Balaban J connectivity index is 2.39. The van der Waals surface area contributed by atoms with Gasteiger partial charge in [0, 0.05) is 19.2 Å². The maximum Gasteiger partial charge on any atom is 0.346 e. The summed E-state index contributed by atoms with van der Waals surface area (Å²) in [4.78, 5) is 27.2. The second-order valence-corrected chi connectivity index (χ2v) is 8.02. The fourth-order valence-corrected chi connectivity index (χ4v) is 3.74. The number of hydrogen-bond acceptors (Lipinski definition) is 7. The van der Waals surface area contributed by atoms with E-state index in [0.717, 1.165) is 64.5 Å². The molecule has 0 aromatic heterocycles. The van der Waals surface area contributed by atoms with Gasteiger partial charge in [0.1, 0.15) is 22.9 Å². The first kappa shape index (κ1) is 25.6. The Kier molecular flexibility index (Phi) is 10.9. The molecule has 1 saturated heterocycles. The van der Waals surface area contributed by atoms with Crippen LogP contribution in [0.3, 0.4) is 0 Å². The Hall–Kier alpha value is -2.70. The van der Waals surface area contributed by atoms with E-state index in [-0.39, 0.29) is 18.0 Å². The third kappa shape index (κ3) is 7.18. The zero-order valence-corrected chi connectivity index (χ0v) is 20.0. The number of methoxy groups -OCH3 is 2. The van der Waals surface area contributed by atoms with Gasteiger partial charge in [0.15, 0.2) is 6.61 Å². The Bertz CT molecular complexity index is 761. The second kappa shape index (κ2) is 13.7. The predicted octanol–water partition coefficient (Wildman–Crippen LogP) is 4.92. The van der Waals surface area contributed by atoms with E-state index in [4.69, 9.17) is 14.2 Å². The Morgan fingerprint density at radius 2 is 1.62 bits per heavy atom. The van der Waals surface area contributed by atoms with Gasteiger partial charge < -0.3 is 24.4 Å². The number of Topliss-reactive ketones (excluding diaryl/α,β-unsaturated/α-hetero) is 1.